The molecule has 14 heavy (non-hydrogen) atoms. The molecule has 0 spiro atoms. The number of carbonyl (C=O) groups is 1. The van der Waals surface area contributed by atoms with Crippen LogP contribution in [0.2, 0.25) is 0 Å². The summed E-state index contributed by atoms with van der Waals surface area (Å²) >= 11 is 0. The lowest BCUT2D eigenvalue weighted by molar-refractivity contribution is -0.222. The summed E-state index contributed by atoms with van der Waals surface area (Å²) in [6.45, 7) is -0.280. The molecule has 1 atom stereocenters. The molecule has 0 rings (SSSR count). The van der Waals surface area contributed by atoms with Gasteiger partial charge in [-0.2, -0.15) is 0 Å². The molecule has 0 aliphatic heterocycles. The minimum atomic E-state index is -4.81. The lowest BCUT2D eigenvalue weighted by Crippen LogP contribution is -2.50. The Kier molecular flexibility index (Phi) is 4.34. The second kappa shape index (κ2) is 4.45. The van der Waals surface area contributed by atoms with Crippen LogP contribution < -0.4 is 0 Å². The summed E-state index contributed by atoms with van der Waals surface area (Å²) < 4.78 is 13.9. The van der Waals surface area contributed by atoms with E-state index < -0.39 is 32.1 Å². The van der Waals surface area contributed by atoms with E-state index in [2.05, 4.69) is 4.52 Å². The fourth-order valence-corrected chi connectivity index (χ4v) is 0.854. The minimum absolute atomic E-state index is 0.792. The predicted molar refractivity (Wildman–Crippen MR) is 41.9 cm³/mol. The normalized spacial score (nSPS) is 15.3. The summed E-state index contributed by atoms with van der Waals surface area (Å²) in [5.74, 6) is -4.24. The van der Waals surface area contributed by atoms with Gasteiger partial charge in [0.1, 0.15) is 6.10 Å². The van der Waals surface area contributed by atoms with Crippen molar-refractivity contribution in [2.24, 2.45) is 0 Å². The average Bonchev–Trinajstić information content (AvgIpc) is 1.98. The van der Waals surface area contributed by atoms with Crippen LogP contribution >= 0.6 is 7.82 Å². The number of phosphoric ester groups is 1. The van der Waals surface area contributed by atoms with Gasteiger partial charge in [0.05, 0.1) is 6.61 Å². The van der Waals surface area contributed by atoms with Crippen LogP contribution in [0.3, 0.4) is 0 Å². The molecule has 0 aromatic heterocycles. The topological polar surface area (TPSA) is 145 Å². The number of hydrogen-bond acceptors (Lipinski definition) is 6. The lowest BCUT2D eigenvalue weighted by Gasteiger charge is -2.24. The number of rotatable bonds is 5. The maximum absolute atomic E-state index is 10.5. The van der Waals surface area contributed by atoms with E-state index in [-0.39, 0.29) is 0 Å². The number of aliphatic hydroxyl groups is 3. The first-order chi connectivity index (χ1) is 6.07. The summed E-state index contributed by atoms with van der Waals surface area (Å²) in [6, 6.07) is 0. The Morgan fingerprint density at radius 2 is 1.93 bits per heavy atom. The van der Waals surface area contributed by atoms with Crippen molar-refractivity contribution in [3.8, 4) is 0 Å². The number of aliphatic hydroxyl groups excluding tert-OH is 1. The average molecular weight is 230 g/mol. The smallest absolute Gasteiger partial charge is 0.385 e. The molecular weight excluding hydrogens is 219 g/mol. The van der Waals surface area contributed by atoms with Crippen LogP contribution in [0.15, 0.2) is 0 Å². The van der Waals surface area contributed by atoms with Crippen LogP contribution in [0, 0.1) is 0 Å². The summed E-state index contributed by atoms with van der Waals surface area (Å²) in [4.78, 5) is 26.9. The molecule has 0 aliphatic rings. The Balaban J connectivity index is 4.29. The summed E-state index contributed by atoms with van der Waals surface area (Å²) in [5, 5.41) is 26.7. The van der Waals surface area contributed by atoms with E-state index in [1.165, 1.54) is 0 Å². The molecule has 0 aromatic rings. The molecule has 0 saturated carbocycles. The number of ketones is 1. The largest absolute Gasteiger partial charge is 0.469 e. The van der Waals surface area contributed by atoms with Gasteiger partial charge < -0.3 is 25.1 Å². The van der Waals surface area contributed by atoms with Crippen LogP contribution in [0.5, 0.6) is 0 Å². The zero-order chi connectivity index (χ0) is 11.6. The van der Waals surface area contributed by atoms with E-state index in [0.717, 1.165) is 6.92 Å². The molecule has 0 radical (unpaired) electrons. The summed E-state index contributed by atoms with van der Waals surface area (Å²) in [5.41, 5.74) is 0. The molecule has 9 heteroatoms. The second-order valence-electron chi connectivity index (χ2n) is 2.58. The van der Waals surface area contributed by atoms with Crippen molar-refractivity contribution in [3.05, 3.63) is 0 Å². The Hall–Kier alpha value is -0.340. The van der Waals surface area contributed by atoms with Crippen molar-refractivity contribution in [2.75, 3.05) is 6.61 Å². The van der Waals surface area contributed by atoms with Gasteiger partial charge in [-0.1, -0.05) is 0 Å². The molecule has 0 aliphatic carbocycles. The molecule has 8 nitrogen and oxygen atoms in total. The quantitative estimate of drug-likeness (QED) is 0.262. The lowest BCUT2D eigenvalue weighted by atomic mass is 10.1. The maximum Gasteiger partial charge on any atom is 0.469 e. The van der Waals surface area contributed by atoms with E-state index >= 15 is 0 Å². The van der Waals surface area contributed by atoms with Crippen molar-refractivity contribution in [3.63, 3.8) is 0 Å². The maximum atomic E-state index is 10.5. The number of phosphoric acid groups is 1. The van der Waals surface area contributed by atoms with Crippen molar-refractivity contribution < 1.29 is 39.0 Å². The molecule has 0 bridgehead atoms. The number of Topliss-reactive ketones (excluding diaryl/α,β-unsaturated/α-hetero) is 1. The van der Waals surface area contributed by atoms with Gasteiger partial charge in [0.25, 0.3) is 5.79 Å². The zero-order valence-electron chi connectivity index (χ0n) is 7.19. The first kappa shape index (κ1) is 13.7. The molecule has 5 N–H and O–H groups in total. The van der Waals surface area contributed by atoms with Crippen molar-refractivity contribution >= 4 is 13.6 Å². The molecule has 0 saturated heterocycles. The number of carbonyl (C=O) groups excluding carboxylic acids is 1. The van der Waals surface area contributed by atoms with Crippen LogP contribution in [0.4, 0.5) is 0 Å². The molecule has 0 aromatic carbocycles. The van der Waals surface area contributed by atoms with Crippen LogP contribution in [-0.4, -0.2) is 49.4 Å². The second-order valence-corrected chi connectivity index (χ2v) is 3.82. The Morgan fingerprint density at radius 3 is 2.21 bits per heavy atom. The van der Waals surface area contributed by atoms with Gasteiger partial charge in [0, 0.05) is 6.92 Å². The summed E-state index contributed by atoms with van der Waals surface area (Å²) in [7, 11) is -4.81. The Morgan fingerprint density at radius 1 is 1.50 bits per heavy atom. The van der Waals surface area contributed by atoms with E-state index in [1.807, 2.05) is 0 Å². The first-order valence-corrected chi connectivity index (χ1v) is 4.94. The van der Waals surface area contributed by atoms with Gasteiger partial charge in [0.2, 0.25) is 0 Å². The molecule has 0 fully saturated rings. The van der Waals surface area contributed by atoms with E-state index in [0.29, 0.717) is 0 Å². The van der Waals surface area contributed by atoms with E-state index in [4.69, 9.17) is 25.1 Å². The van der Waals surface area contributed by atoms with Crippen LogP contribution in [0.25, 0.3) is 0 Å². The molecular formula is C5H11O8P. The van der Waals surface area contributed by atoms with Crippen LogP contribution in [-0.2, 0) is 13.9 Å². The Bertz CT molecular complexity index is 254. The van der Waals surface area contributed by atoms with Gasteiger partial charge in [-0.3, -0.25) is 9.32 Å². The van der Waals surface area contributed by atoms with Gasteiger partial charge in [-0.25, -0.2) is 4.57 Å². The number of hydrogen-bond donors (Lipinski definition) is 5. The third-order valence-electron chi connectivity index (χ3n) is 1.38. The van der Waals surface area contributed by atoms with Crippen molar-refractivity contribution in [1.82, 2.24) is 0 Å². The minimum Gasteiger partial charge on any atom is -0.385 e. The molecule has 0 heterocycles. The monoisotopic (exact) mass is 230 g/mol. The highest BCUT2D eigenvalue weighted by atomic mass is 31.2. The summed E-state index contributed by atoms with van der Waals surface area (Å²) in [6.07, 6.45) is -2.13. The fourth-order valence-electron chi connectivity index (χ4n) is 0.519. The third kappa shape index (κ3) is 4.25. The SMILES string of the molecule is CC(=O)C(O)(O)[C@@H](O)COP(=O)(O)O. The van der Waals surface area contributed by atoms with Gasteiger partial charge in [-0.15, -0.1) is 0 Å². The molecule has 0 unspecified atom stereocenters. The Labute approximate surface area is 79.0 Å². The van der Waals surface area contributed by atoms with Gasteiger partial charge >= 0.3 is 7.82 Å². The highest BCUT2D eigenvalue weighted by molar-refractivity contribution is 7.46. The fraction of sp³-hybridized carbons (Fsp3) is 0.800. The highest BCUT2D eigenvalue weighted by Crippen LogP contribution is 2.36. The zero-order valence-corrected chi connectivity index (χ0v) is 8.09. The van der Waals surface area contributed by atoms with Crippen molar-refractivity contribution in [2.45, 2.75) is 18.8 Å². The third-order valence-corrected chi connectivity index (χ3v) is 1.87. The van der Waals surface area contributed by atoms with Gasteiger partial charge in [-0.05, 0) is 0 Å². The highest BCUT2D eigenvalue weighted by Gasteiger charge is 2.39. The predicted octanol–water partition coefficient (Wildman–Crippen LogP) is -2.27. The van der Waals surface area contributed by atoms with E-state index in [1.54, 1.807) is 0 Å². The molecule has 84 valence electrons. The van der Waals surface area contributed by atoms with Gasteiger partial charge in [0.15, 0.2) is 5.78 Å². The first-order valence-electron chi connectivity index (χ1n) is 3.41. The molecule has 0 amide bonds. The van der Waals surface area contributed by atoms with E-state index in [9.17, 15) is 9.36 Å². The van der Waals surface area contributed by atoms with Crippen molar-refractivity contribution in [1.29, 1.82) is 0 Å². The standard InChI is InChI=1S/C5H11O8P/c1-3(6)5(8,9)4(7)2-13-14(10,11)12/h4,7-9H,2H2,1H3,(H2,10,11,12)/t4-/m0/s1. The van der Waals surface area contributed by atoms with Crippen LogP contribution in [0.1, 0.15) is 6.92 Å².